The summed E-state index contributed by atoms with van der Waals surface area (Å²) in [6, 6.07) is 2.97. The normalized spacial score (nSPS) is 12.6. The number of methoxy groups -OCH3 is 1. The van der Waals surface area contributed by atoms with Crippen molar-refractivity contribution >= 4 is 0 Å². The molecule has 1 rings (SSSR count). The van der Waals surface area contributed by atoms with Crippen molar-refractivity contribution in [3.8, 4) is 5.75 Å². The standard InChI is InChI=1S/C11H16FNO2/c1-7-4-5-8(12)10(11(7)15-3)9(14)6-13-2/h4-5,9,13-14H,6H2,1-3H3. The van der Waals surface area contributed by atoms with Crippen molar-refractivity contribution in [1.82, 2.24) is 5.32 Å². The van der Waals surface area contributed by atoms with E-state index in [4.69, 9.17) is 4.74 Å². The summed E-state index contributed by atoms with van der Waals surface area (Å²) < 4.78 is 18.6. The van der Waals surface area contributed by atoms with Crippen LogP contribution in [0.2, 0.25) is 0 Å². The lowest BCUT2D eigenvalue weighted by Gasteiger charge is -2.17. The van der Waals surface area contributed by atoms with Gasteiger partial charge in [-0.3, -0.25) is 0 Å². The highest BCUT2D eigenvalue weighted by Gasteiger charge is 2.19. The molecule has 1 aromatic rings. The maximum atomic E-state index is 13.5. The minimum Gasteiger partial charge on any atom is -0.496 e. The third-order valence-corrected chi connectivity index (χ3v) is 2.27. The van der Waals surface area contributed by atoms with E-state index in [-0.39, 0.29) is 12.1 Å². The van der Waals surface area contributed by atoms with Gasteiger partial charge in [0.2, 0.25) is 0 Å². The second-order valence-electron chi connectivity index (χ2n) is 3.38. The topological polar surface area (TPSA) is 41.5 Å². The Morgan fingerprint density at radius 2 is 2.20 bits per heavy atom. The monoisotopic (exact) mass is 213 g/mol. The smallest absolute Gasteiger partial charge is 0.132 e. The Balaban J connectivity index is 3.18. The number of likely N-dealkylation sites (N-methyl/N-ethyl adjacent to an activating group) is 1. The molecule has 3 nitrogen and oxygen atoms in total. The molecule has 0 aliphatic rings. The molecule has 1 unspecified atom stereocenters. The Labute approximate surface area is 88.9 Å². The SMILES string of the molecule is CNCC(O)c1c(F)ccc(C)c1OC. The number of aliphatic hydroxyl groups excluding tert-OH is 1. The van der Waals surface area contributed by atoms with Crippen molar-refractivity contribution < 1.29 is 14.2 Å². The number of ether oxygens (including phenoxy) is 1. The van der Waals surface area contributed by atoms with Crippen molar-refractivity contribution in [2.45, 2.75) is 13.0 Å². The highest BCUT2D eigenvalue weighted by Crippen LogP contribution is 2.30. The second kappa shape index (κ2) is 5.09. The Morgan fingerprint density at radius 1 is 1.53 bits per heavy atom. The van der Waals surface area contributed by atoms with Crippen molar-refractivity contribution in [2.75, 3.05) is 20.7 Å². The summed E-state index contributed by atoms with van der Waals surface area (Å²) in [5.41, 5.74) is 1.02. The zero-order chi connectivity index (χ0) is 11.4. The molecule has 1 aromatic carbocycles. The fraction of sp³-hybridized carbons (Fsp3) is 0.455. The molecule has 0 heterocycles. The van der Waals surface area contributed by atoms with Gasteiger partial charge in [-0.25, -0.2) is 4.39 Å². The minimum absolute atomic E-state index is 0.215. The Hall–Kier alpha value is -1.13. The summed E-state index contributed by atoms with van der Waals surface area (Å²) in [7, 11) is 3.17. The van der Waals surface area contributed by atoms with Gasteiger partial charge in [-0.05, 0) is 25.6 Å². The van der Waals surface area contributed by atoms with Crippen molar-refractivity contribution in [2.24, 2.45) is 0 Å². The number of nitrogens with one attached hydrogen (secondary N) is 1. The van der Waals surface area contributed by atoms with Crippen LogP contribution in [-0.2, 0) is 0 Å². The maximum absolute atomic E-state index is 13.5. The van der Waals surface area contributed by atoms with Gasteiger partial charge in [0.1, 0.15) is 11.6 Å². The van der Waals surface area contributed by atoms with E-state index in [2.05, 4.69) is 5.32 Å². The zero-order valence-corrected chi connectivity index (χ0v) is 9.17. The summed E-state index contributed by atoms with van der Waals surface area (Å²) in [5, 5.41) is 12.5. The maximum Gasteiger partial charge on any atom is 0.132 e. The molecule has 0 radical (unpaired) electrons. The first-order chi connectivity index (χ1) is 7.11. The third-order valence-electron chi connectivity index (χ3n) is 2.27. The van der Waals surface area contributed by atoms with E-state index in [0.717, 1.165) is 5.56 Å². The fourth-order valence-corrected chi connectivity index (χ4v) is 1.56. The average Bonchev–Trinajstić information content (AvgIpc) is 2.21. The van der Waals surface area contributed by atoms with E-state index in [1.807, 2.05) is 6.92 Å². The van der Waals surface area contributed by atoms with Gasteiger partial charge in [0.05, 0.1) is 18.8 Å². The first kappa shape index (κ1) is 11.9. The van der Waals surface area contributed by atoms with Gasteiger partial charge < -0.3 is 15.2 Å². The van der Waals surface area contributed by atoms with Crippen LogP contribution in [-0.4, -0.2) is 25.8 Å². The van der Waals surface area contributed by atoms with Crippen molar-refractivity contribution in [1.29, 1.82) is 0 Å². The van der Waals surface area contributed by atoms with Crippen LogP contribution in [0.5, 0.6) is 5.75 Å². The largest absolute Gasteiger partial charge is 0.496 e. The van der Waals surface area contributed by atoms with Gasteiger partial charge in [-0.15, -0.1) is 0 Å². The van der Waals surface area contributed by atoms with Gasteiger partial charge in [0.25, 0.3) is 0 Å². The first-order valence-corrected chi connectivity index (χ1v) is 4.77. The quantitative estimate of drug-likeness (QED) is 0.794. The molecule has 0 saturated heterocycles. The lowest BCUT2D eigenvalue weighted by Crippen LogP contribution is -2.18. The molecule has 2 N–H and O–H groups in total. The minimum atomic E-state index is -0.898. The van der Waals surface area contributed by atoms with Crippen LogP contribution in [0.15, 0.2) is 12.1 Å². The van der Waals surface area contributed by atoms with Crippen LogP contribution in [0.25, 0.3) is 0 Å². The summed E-state index contributed by atoms with van der Waals surface area (Å²) in [5.74, 6) is -0.0297. The second-order valence-corrected chi connectivity index (χ2v) is 3.38. The predicted octanol–water partition coefficient (Wildman–Crippen LogP) is 1.40. The number of hydrogen-bond acceptors (Lipinski definition) is 3. The molecule has 0 aromatic heterocycles. The van der Waals surface area contributed by atoms with Crippen LogP contribution in [0.1, 0.15) is 17.2 Å². The Morgan fingerprint density at radius 3 is 2.73 bits per heavy atom. The van der Waals surface area contributed by atoms with E-state index in [9.17, 15) is 9.50 Å². The molecule has 1 atom stereocenters. The number of hydrogen-bond donors (Lipinski definition) is 2. The van der Waals surface area contributed by atoms with E-state index in [1.165, 1.54) is 13.2 Å². The van der Waals surface area contributed by atoms with E-state index < -0.39 is 11.9 Å². The van der Waals surface area contributed by atoms with Gasteiger partial charge in [-0.1, -0.05) is 6.07 Å². The lowest BCUT2D eigenvalue weighted by atomic mass is 10.0. The van der Waals surface area contributed by atoms with Gasteiger partial charge in [-0.2, -0.15) is 0 Å². The number of rotatable bonds is 4. The highest BCUT2D eigenvalue weighted by molar-refractivity contribution is 5.43. The van der Waals surface area contributed by atoms with Crippen LogP contribution in [0.4, 0.5) is 4.39 Å². The van der Waals surface area contributed by atoms with Crippen molar-refractivity contribution in [3.05, 3.63) is 29.1 Å². The molecule has 0 saturated carbocycles. The summed E-state index contributed by atoms with van der Waals surface area (Å²) >= 11 is 0. The molecule has 0 aliphatic heterocycles. The van der Waals surface area contributed by atoms with Gasteiger partial charge >= 0.3 is 0 Å². The Bertz CT molecular complexity index is 342. The highest BCUT2D eigenvalue weighted by atomic mass is 19.1. The number of halogens is 1. The molecule has 0 bridgehead atoms. The molecule has 84 valence electrons. The van der Waals surface area contributed by atoms with Gasteiger partial charge in [0, 0.05) is 6.54 Å². The molecule has 0 aliphatic carbocycles. The van der Waals surface area contributed by atoms with Crippen LogP contribution >= 0.6 is 0 Å². The Kier molecular flexibility index (Phi) is 4.05. The fourth-order valence-electron chi connectivity index (χ4n) is 1.56. The molecule has 4 heteroatoms. The lowest BCUT2D eigenvalue weighted by molar-refractivity contribution is 0.168. The van der Waals surface area contributed by atoms with Crippen LogP contribution in [0, 0.1) is 12.7 Å². The predicted molar refractivity (Wildman–Crippen MR) is 56.6 cm³/mol. The summed E-state index contributed by atoms with van der Waals surface area (Å²) in [6.45, 7) is 2.10. The average molecular weight is 213 g/mol. The summed E-state index contributed by atoms with van der Waals surface area (Å²) in [4.78, 5) is 0. The van der Waals surface area contributed by atoms with Crippen LogP contribution < -0.4 is 10.1 Å². The van der Waals surface area contributed by atoms with E-state index >= 15 is 0 Å². The molecular formula is C11H16FNO2. The molecule has 0 amide bonds. The molecule has 0 fully saturated rings. The van der Waals surface area contributed by atoms with Crippen LogP contribution in [0.3, 0.4) is 0 Å². The number of aryl methyl sites for hydroxylation is 1. The molecule has 15 heavy (non-hydrogen) atoms. The molecule has 0 spiro atoms. The summed E-state index contributed by atoms with van der Waals surface area (Å²) in [6.07, 6.45) is -0.898. The molecular weight excluding hydrogens is 197 g/mol. The van der Waals surface area contributed by atoms with E-state index in [0.29, 0.717) is 5.75 Å². The third kappa shape index (κ3) is 2.46. The first-order valence-electron chi connectivity index (χ1n) is 4.77. The van der Waals surface area contributed by atoms with E-state index in [1.54, 1.807) is 13.1 Å². The van der Waals surface area contributed by atoms with Gasteiger partial charge in [0.15, 0.2) is 0 Å². The zero-order valence-electron chi connectivity index (χ0n) is 9.17. The number of aliphatic hydroxyl groups is 1. The number of benzene rings is 1. The van der Waals surface area contributed by atoms with Crippen molar-refractivity contribution in [3.63, 3.8) is 0 Å².